The number of esters is 1. The molecule has 0 aliphatic heterocycles. The molecule has 0 aromatic rings. The van der Waals surface area contributed by atoms with E-state index in [1.807, 2.05) is 0 Å². The summed E-state index contributed by atoms with van der Waals surface area (Å²) in [6, 6.07) is 0. The number of halogens is 3. The van der Waals surface area contributed by atoms with Crippen molar-refractivity contribution in [3.63, 3.8) is 0 Å². The van der Waals surface area contributed by atoms with Crippen molar-refractivity contribution < 1.29 is 26.7 Å². The van der Waals surface area contributed by atoms with Crippen LogP contribution in [0.1, 0.15) is 6.42 Å². The van der Waals surface area contributed by atoms with Crippen LogP contribution in [0.15, 0.2) is 22.1 Å². The molecule has 0 fully saturated rings. The van der Waals surface area contributed by atoms with E-state index in [1.54, 1.807) is 3.88 Å². The average molecular weight is 369 g/mol. The SMILES string of the molecule is COC(=O)[CH2][Ti]([C]1=CC=CC1)[Si](C)(C)C.Cl.Cl.Cl. The summed E-state index contributed by atoms with van der Waals surface area (Å²) in [6.45, 7) is 7.14. The Morgan fingerprint density at radius 3 is 2.22 bits per heavy atom. The Kier molecular flexibility index (Phi) is 13.9. The standard InChI is InChI=1S/C5H5.C3H5O2.C3H9Si.3ClH.Ti/c1-2-4-5-3-1;1-3(4)5-2;1-4(2)3;;;;/h1-3H,4H2;1H2,2H3;1-3H3;3*1H;. The molecule has 0 N–H and O–H groups in total. The number of hydrogen-bond donors (Lipinski definition) is 0. The van der Waals surface area contributed by atoms with E-state index in [1.165, 1.54) is 7.11 Å². The van der Waals surface area contributed by atoms with Crippen LogP contribution >= 0.6 is 37.2 Å². The van der Waals surface area contributed by atoms with Crippen molar-refractivity contribution in [2.24, 2.45) is 0 Å². The maximum Gasteiger partial charge on any atom is -0.147 e. The monoisotopic (exact) mass is 367 g/mol. The molecule has 0 amide bonds. The number of methoxy groups -OCH3 is 1. The Bertz CT molecular complexity index is 314. The smallest absolute Gasteiger partial charge is 0.147 e. The molecule has 0 saturated heterocycles. The minimum atomic E-state index is -1.39. The minimum absolute atomic E-state index is 0. The van der Waals surface area contributed by atoms with Crippen molar-refractivity contribution in [2.45, 2.75) is 30.8 Å². The summed E-state index contributed by atoms with van der Waals surface area (Å²) in [5.41, 5.74) is 0. The molecule has 0 spiro atoms. The third kappa shape index (κ3) is 7.37. The van der Waals surface area contributed by atoms with Crippen LogP contribution in [0.4, 0.5) is 0 Å². The summed E-state index contributed by atoms with van der Waals surface area (Å²) in [5, 5.41) is 0. The fourth-order valence-corrected chi connectivity index (χ4v) is 13.7. The second kappa shape index (κ2) is 10.5. The van der Waals surface area contributed by atoms with Gasteiger partial charge in [0.2, 0.25) is 0 Å². The van der Waals surface area contributed by atoms with E-state index in [9.17, 15) is 4.79 Å². The molecule has 7 heteroatoms. The van der Waals surface area contributed by atoms with E-state index in [0.717, 1.165) is 6.42 Å². The molecule has 0 radical (unpaired) electrons. The zero-order chi connectivity index (χ0) is 11.5. The molecule has 0 heterocycles. The number of hydrogen-bond acceptors (Lipinski definition) is 2. The van der Waals surface area contributed by atoms with Gasteiger partial charge in [-0.1, -0.05) is 0 Å². The molecule has 1 aliphatic carbocycles. The van der Waals surface area contributed by atoms with Crippen molar-refractivity contribution >= 4 is 49.1 Å². The Morgan fingerprint density at radius 2 is 1.89 bits per heavy atom. The first-order valence-corrected chi connectivity index (χ1v) is 13.0. The topological polar surface area (TPSA) is 26.3 Å². The summed E-state index contributed by atoms with van der Waals surface area (Å²) in [7, 11) is 1.49. The molecule has 0 aromatic heterocycles. The van der Waals surface area contributed by atoms with Crippen molar-refractivity contribution in [1.82, 2.24) is 0 Å². The van der Waals surface area contributed by atoms with Crippen molar-refractivity contribution in [3.05, 3.63) is 22.1 Å². The molecule has 0 aromatic carbocycles. The van der Waals surface area contributed by atoms with Crippen molar-refractivity contribution in [3.8, 4) is 0 Å². The quantitative estimate of drug-likeness (QED) is 0.551. The predicted octanol–water partition coefficient (Wildman–Crippen LogP) is 4.14. The third-order valence-electron chi connectivity index (χ3n) is 2.61. The molecular formula is C11H22Cl3O2SiTi. The number of carbonyl (C=O) groups is 1. The second-order valence-corrected chi connectivity index (χ2v) is 21.9. The van der Waals surface area contributed by atoms with Crippen LogP contribution in [0.3, 0.4) is 0 Å². The minimum Gasteiger partial charge on any atom is -0.147 e. The molecular weight excluding hydrogens is 346 g/mol. The molecule has 0 atom stereocenters. The van der Waals surface area contributed by atoms with Crippen LogP contribution in [-0.4, -0.2) is 19.0 Å². The first-order chi connectivity index (χ1) is 6.95. The Morgan fingerprint density at radius 1 is 1.33 bits per heavy atom. The molecule has 107 valence electrons. The fourth-order valence-electron chi connectivity index (χ4n) is 1.75. The van der Waals surface area contributed by atoms with Gasteiger partial charge in [0.05, 0.1) is 0 Å². The van der Waals surface area contributed by atoms with Crippen LogP contribution in [-0.2, 0) is 26.7 Å². The van der Waals surface area contributed by atoms with Gasteiger partial charge < -0.3 is 0 Å². The van der Waals surface area contributed by atoms with Crippen LogP contribution in [0.2, 0.25) is 24.4 Å². The molecule has 0 saturated carbocycles. The van der Waals surface area contributed by atoms with Gasteiger partial charge in [0.25, 0.3) is 0 Å². The maximum absolute atomic E-state index is 11.4. The van der Waals surface area contributed by atoms with E-state index in [2.05, 4.69) is 37.9 Å². The van der Waals surface area contributed by atoms with Crippen LogP contribution in [0, 0.1) is 0 Å². The van der Waals surface area contributed by atoms with Gasteiger partial charge >= 0.3 is 98.6 Å². The number of ether oxygens (including phenoxy) is 1. The summed E-state index contributed by atoms with van der Waals surface area (Å²) < 4.78 is 7.09. The van der Waals surface area contributed by atoms with Gasteiger partial charge in [0, 0.05) is 0 Å². The first-order valence-electron chi connectivity index (χ1n) is 5.24. The second-order valence-electron chi connectivity index (χ2n) is 4.81. The molecule has 0 unspecified atom stereocenters. The van der Waals surface area contributed by atoms with Gasteiger partial charge in [-0.2, -0.15) is 0 Å². The Labute approximate surface area is 135 Å². The van der Waals surface area contributed by atoms with Gasteiger partial charge in [0.1, 0.15) is 0 Å². The van der Waals surface area contributed by atoms with Gasteiger partial charge in [-0.3, -0.25) is 0 Å². The zero-order valence-corrected chi connectivity index (χ0v) is 16.2. The van der Waals surface area contributed by atoms with Gasteiger partial charge in [-0.25, -0.2) is 0 Å². The Hall–Kier alpha value is 0.751. The summed E-state index contributed by atoms with van der Waals surface area (Å²) >= 11 is -1.39. The third-order valence-corrected chi connectivity index (χ3v) is 17.8. The maximum atomic E-state index is 11.4. The number of rotatable bonds is 4. The van der Waals surface area contributed by atoms with Crippen LogP contribution in [0.25, 0.3) is 0 Å². The summed E-state index contributed by atoms with van der Waals surface area (Å²) in [6.07, 6.45) is 7.63. The van der Waals surface area contributed by atoms with E-state index in [4.69, 9.17) is 4.74 Å². The zero-order valence-electron chi connectivity index (χ0n) is 11.2. The van der Waals surface area contributed by atoms with E-state index in [-0.39, 0.29) is 43.2 Å². The van der Waals surface area contributed by atoms with Gasteiger partial charge in [-0.15, -0.1) is 37.2 Å². The molecule has 1 aliphatic rings. The van der Waals surface area contributed by atoms with E-state index < -0.39 is 23.1 Å². The van der Waals surface area contributed by atoms with Crippen LogP contribution in [0.5, 0.6) is 0 Å². The normalized spacial score (nSPS) is 12.6. The predicted molar refractivity (Wildman–Crippen MR) is 83.8 cm³/mol. The summed E-state index contributed by atoms with van der Waals surface area (Å²) in [4.78, 5) is 11.4. The van der Waals surface area contributed by atoms with Crippen LogP contribution < -0.4 is 0 Å². The fraction of sp³-hybridized carbons (Fsp3) is 0.545. The van der Waals surface area contributed by atoms with E-state index >= 15 is 0 Å². The average Bonchev–Trinajstić information content (AvgIpc) is 2.64. The van der Waals surface area contributed by atoms with Gasteiger partial charge in [-0.05, 0) is 0 Å². The molecule has 1 rings (SSSR count). The van der Waals surface area contributed by atoms with Crippen molar-refractivity contribution in [1.29, 1.82) is 0 Å². The largest absolute Gasteiger partial charge is 0.147 e. The molecule has 2 nitrogen and oxygen atoms in total. The Balaban J connectivity index is -0.000000750. The summed E-state index contributed by atoms with van der Waals surface area (Å²) in [5.74, 6) is -1.19. The first kappa shape index (κ1) is 23.8. The van der Waals surface area contributed by atoms with Crippen molar-refractivity contribution in [2.75, 3.05) is 7.11 Å². The molecule has 0 bridgehead atoms. The number of carbonyl (C=O) groups excluding carboxylic acids is 1. The van der Waals surface area contributed by atoms with E-state index in [0.29, 0.717) is 4.73 Å². The molecule has 18 heavy (non-hydrogen) atoms. The van der Waals surface area contributed by atoms with Gasteiger partial charge in [0.15, 0.2) is 0 Å². The number of allylic oxidation sites excluding steroid dienone is 4.